The molecule has 0 radical (unpaired) electrons. The molecular formula is C20H16I2O7. The first-order valence-electron chi connectivity index (χ1n) is 8.20. The minimum atomic E-state index is -1.02. The molecule has 0 saturated heterocycles. The van der Waals surface area contributed by atoms with Crippen molar-refractivity contribution < 1.29 is 33.7 Å². The third kappa shape index (κ3) is 6.42. The van der Waals surface area contributed by atoms with Gasteiger partial charge in [-0.05, 0) is 75.0 Å². The van der Waals surface area contributed by atoms with Crippen LogP contribution in [0.15, 0.2) is 36.9 Å². The van der Waals surface area contributed by atoms with Gasteiger partial charge in [-0.25, -0.2) is 9.59 Å². The molecule has 0 aliphatic heterocycles. The lowest BCUT2D eigenvalue weighted by atomic mass is 10.1. The van der Waals surface area contributed by atoms with Gasteiger partial charge in [-0.1, -0.05) is 18.7 Å². The molecule has 0 saturated carbocycles. The number of ether oxygens (including phenoxy) is 3. The van der Waals surface area contributed by atoms with Crippen molar-refractivity contribution in [2.24, 2.45) is 0 Å². The standard InChI is InChI=1S/C20H16I2O7/c1-3-12-4-5-17(29-11(2)23)14(8-12)20(26)28-7-6-27-18-15(21)9-13(19(24)25)10-16(18)22/h3-5,8-10H,1,6-7H2,2H3,(H,24,25). The van der Waals surface area contributed by atoms with Gasteiger partial charge in [0, 0.05) is 6.92 Å². The Hall–Kier alpha value is -2.15. The molecule has 2 aromatic carbocycles. The molecule has 0 aliphatic carbocycles. The number of aromatic carboxylic acids is 1. The predicted molar refractivity (Wildman–Crippen MR) is 122 cm³/mol. The second-order valence-electron chi connectivity index (χ2n) is 5.61. The van der Waals surface area contributed by atoms with E-state index in [9.17, 15) is 14.4 Å². The van der Waals surface area contributed by atoms with Crippen molar-refractivity contribution in [3.63, 3.8) is 0 Å². The highest BCUT2D eigenvalue weighted by atomic mass is 127. The van der Waals surface area contributed by atoms with Crippen molar-refractivity contribution in [1.29, 1.82) is 0 Å². The first kappa shape index (κ1) is 23.1. The van der Waals surface area contributed by atoms with E-state index >= 15 is 0 Å². The highest BCUT2D eigenvalue weighted by Crippen LogP contribution is 2.29. The SMILES string of the molecule is C=Cc1ccc(OC(C)=O)c(C(=O)OCCOc2c(I)cc(C(=O)O)cc2I)c1. The summed E-state index contributed by atoms with van der Waals surface area (Å²) in [6, 6.07) is 7.68. The van der Waals surface area contributed by atoms with Crippen LogP contribution in [0.25, 0.3) is 6.08 Å². The number of carboxylic acids is 1. The van der Waals surface area contributed by atoms with E-state index in [1.165, 1.54) is 31.2 Å². The van der Waals surface area contributed by atoms with Crippen LogP contribution >= 0.6 is 45.2 Å². The summed E-state index contributed by atoms with van der Waals surface area (Å²) in [5.74, 6) is -1.63. The molecule has 0 amide bonds. The van der Waals surface area contributed by atoms with Gasteiger partial charge >= 0.3 is 17.9 Å². The van der Waals surface area contributed by atoms with E-state index in [4.69, 9.17) is 19.3 Å². The van der Waals surface area contributed by atoms with Crippen molar-refractivity contribution in [3.05, 3.63) is 60.7 Å². The van der Waals surface area contributed by atoms with Gasteiger partial charge in [0.1, 0.15) is 30.3 Å². The zero-order valence-electron chi connectivity index (χ0n) is 15.2. The first-order valence-corrected chi connectivity index (χ1v) is 10.4. The van der Waals surface area contributed by atoms with Crippen molar-refractivity contribution in [2.75, 3.05) is 13.2 Å². The van der Waals surface area contributed by atoms with E-state index in [0.717, 1.165) is 0 Å². The number of hydrogen-bond acceptors (Lipinski definition) is 6. The fraction of sp³-hybridized carbons (Fsp3) is 0.150. The summed E-state index contributed by atoms with van der Waals surface area (Å²) in [5, 5.41) is 9.08. The molecule has 152 valence electrons. The quantitative estimate of drug-likeness (QED) is 0.202. The number of hydrogen-bond donors (Lipinski definition) is 1. The van der Waals surface area contributed by atoms with E-state index in [0.29, 0.717) is 18.5 Å². The number of carbonyl (C=O) groups excluding carboxylic acids is 2. The normalized spacial score (nSPS) is 10.2. The molecule has 2 rings (SSSR count). The monoisotopic (exact) mass is 622 g/mol. The molecule has 0 unspecified atom stereocenters. The van der Waals surface area contributed by atoms with E-state index in [-0.39, 0.29) is 30.1 Å². The number of halogens is 2. The summed E-state index contributed by atoms with van der Waals surface area (Å²) >= 11 is 3.97. The molecule has 29 heavy (non-hydrogen) atoms. The Balaban J connectivity index is 2.03. The average molecular weight is 622 g/mol. The molecule has 0 heterocycles. The minimum Gasteiger partial charge on any atom is -0.488 e. The van der Waals surface area contributed by atoms with Crippen molar-refractivity contribution in [2.45, 2.75) is 6.92 Å². The molecule has 0 bridgehead atoms. The lowest BCUT2D eigenvalue weighted by Crippen LogP contribution is -2.15. The molecule has 9 heteroatoms. The van der Waals surface area contributed by atoms with Crippen LogP contribution in [0, 0.1) is 7.14 Å². The summed E-state index contributed by atoms with van der Waals surface area (Å²) in [7, 11) is 0. The Bertz CT molecular complexity index is 946. The number of carboxylic acid groups (broad SMARTS) is 1. The summed E-state index contributed by atoms with van der Waals surface area (Å²) in [5.41, 5.74) is 0.942. The van der Waals surface area contributed by atoms with Gasteiger partial charge in [-0.3, -0.25) is 4.79 Å². The number of carbonyl (C=O) groups is 3. The summed E-state index contributed by atoms with van der Waals surface area (Å²) in [4.78, 5) is 34.7. The lowest BCUT2D eigenvalue weighted by molar-refractivity contribution is -0.131. The highest BCUT2D eigenvalue weighted by Gasteiger charge is 2.17. The summed E-state index contributed by atoms with van der Waals surface area (Å²) in [6.07, 6.45) is 1.56. The molecule has 0 aliphatic rings. The maximum absolute atomic E-state index is 12.4. The fourth-order valence-corrected chi connectivity index (χ4v) is 4.33. The molecule has 2 aromatic rings. The maximum Gasteiger partial charge on any atom is 0.342 e. The largest absolute Gasteiger partial charge is 0.488 e. The van der Waals surface area contributed by atoms with Crippen LogP contribution < -0.4 is 9.47 Å². The Morgan fingerprint density at radius 2 is 1.76 bits per heavy atom. The van der Waals surface area contributed by atoms with Crippen LogP contribution in [0.4, 0.5) is 0 Å². The first-order chi connectivity index (χ1) is 13.7. The van der Waals surface area contributed by atoms with Gasteiger partial charge in [0.2, 0.25) is 0 Å². The van der Waals surface area contributed by atoms with Crippen LogP contribution in [0.5, 0.6) is 11.5 Å². The zero-order chi connectivity index (χ0) is 21.6. The second-order valence-corrected chi connectivity index (χ2v) is 7.94. The lowest BCUT2D eigenvalue weighted by Gasteiger charge is -2.13. The third-order valence-electron chi connectivity index (χ3n) is 3.52. The van der Waals surface area contributed by atoms with Crippen molar-refractivity contribution >= 4 is 69.2 Å². The minimum absolute atomic E-state index is 0.0521. The van der Waals surface area contributed by atoms with Gasteiger partial charge in [-0.15, -0.1) is 0 Å². The molecular weight excluding hydrogens is 606 g/mol. The Kier molecular flexibility index (Phi) is 8.44. The molecule has 0 fully saturated rings. The van der Waals surface area contributed by atoms with E-state index in [1.54, 1.807) is 12.1 Å². The summed E-state index contributed by atoms with van der Waals surface area (Å²) in [6.45, 7) is 4.90. The van der Waals surface area contributed by atoms with E-state index in [2.05, 4.69) is 6.58 Å². The van der Waals surface area contributed by atoms with Crippen LogP contribution in [-0.2, 0) is 9.53 Å². The van der Waals surface area contributed by atoms with Gasteiger partial charge in [0.05, 0.1) is 12.7 Å². The van der Waals surface area contributed by atoms with Gasteiger partial charge in [0.25, 0.3) is 0 Å². The third-order valence-corrected chi connectivity index (χ3v) is 5.12. The van der Waals surface area contributed by atoms with Gasteiger partial charge < -0.3 is 19.3 Å². The van der Waals surface area contributed by atoms with E-state index < -0.39 is 17.9 Å². The number of benzene rings is 2. The van der Waals surface area contributed by atoms with E-state index in [1.807, 2.05) is 45.2 Å². The molecule has 7 nitrogen and oxygen atoms in total. The molecule has 0 spiro atoms. The molecule has 1 N–H and O–H groups in total. The summed E-state index contributed by atoms with van der Waals surface area (Å²) < 4.78 is 17.2. The van der Waals surface area contributed by atoms with Gasteiger partial charge in [0.15, 0.2) is 0 Å². The second kappa shape index (κ2) is 10.6. The Morgan fingerprint density at radius 3 is 2.31 bits per heavy atom. The topological polar surface area (TPSA) is 99.1 Å². The van der Waals surface area contributed by atoms with Crippen LogP contribution in [0.1, 0.15) is 33.2 Å². The van der Waals surface area contributed by atoms with Crippen LogP contribution in [-0.4, -0.2) is 36.2 Å². The molecule has 0 aromatic heterocycles. The maximum atomic E-state index is 12.4. The Labute approximate surface area is 194 Å². The molecule has 0 atom stereocenters. The predicted octanol–water partition coefficient (Wildman–Crippen LogP) is 4.40. The fourth-order valence-electron chi connectivity index (χ4n) is 2.26. The highest BCUT2D eigenvalue weighted by molar-refractivity contribution is 14.1. The van der Waals surface area contributed by atoms with Gasteiger partial charge in [-0.2, -0.15) is 0 Å². The van der Waals surface area contributed by atoms with Crippen molar-refractivity contribution in [1.82, 2.24) is 0 Å². The zero-order valence-corrected chi connectivity index (χ0v) is 19.6. The van der Waals surface area contributed by atoms with Crippen molar-refractivity contribution in [3.8, 4) is 11.5 Å². The average Bonchev–Trinajstić information content (AvgIpc) is 2.66. The van der Waals surface area contributed by atoms with Crippen LogP contribution in [0.3, 0.4) is 0 Å². The van der Waals surface area contributed by atoms with Crippen LogP contribution in [0.2, 0.25) is 0 Å². The Morgan fingerprint density at radius 1 is 1.10 bits per heavy atom. The number of rotatable bonds is 8. The smallest absolute Gasteiger partial charge is 0.342 e. The number of esters is 2.